The molecule has 1 N–H and O–H groups in total. The number of hydrogen-bond donors (Lipinski definition) is 1. The van der Waals surface area contributed by atoms with Gasteiger partial charge < -0.3 is 18.8 Å². The fourth-order valence-electron chi connectivity index (χ4n) is 3.16. The number of benzene rings is 2. The zero-order valence-corrected chi connectivity index (χ0v) is 21.9. The minimum absolute atomic E-state index is 0.0371. The minimum Gasteiger partial charge on any atom is -0.598 e. The Labute approximate surface area is 205 Å². The van der Waals surface area contributed by atoms with Crippen LogP contribution in [0.15, 0.2) is 36.4 Å². The van der Waals surface area contributed by atoms with Crippen molar-refractivity contribution in [1.29, 1.82) is 0 Å². The van der Waals surface area contributed by atoms with E-state index < -0.39 is 22.2 Å². The van der Waals surface area contributed by atoms with Crippen molar-refractivity contribution in [2.75, 3.05) is 13.7 Å². The van der Waals surface area contributed by atoms with Gasteiger partial charge in [-0.25, -0.2) is 0 Å². The summed E-state index contributed by atoms with van der Waals surface area (Å²) < 4.78 is 32.6. The molecular weight excluding hydrogens is 462 g/mol. The van der Waals surface area contributed by atoms with E-state index in [1.165, 1.54) is 0 Å². The van der Waals surface area contributed by atoms with Crippen molar-refractivity contribution in [3.63, 3.8) is 0 Å². The molecule has 0 unspecified atom stereocenters. The fraction of sp³-hybridized carbons (Fsp3) is 0.480. The predicted molar refractivity (Wildman–Crippen MR) is 133 cm³/mol. The highest BCUT2D eigenvalue weighted by Gasteiger charge is 2.32. The van der Waals surface area contributed by atoms with E-state index in [2.05, 4.69) is 4.72 Å². The Hall–Kier alpha value is -1.93. The maximum atomic E-state index is 13.1. The zero-order valence-electron chi connectivity index (χ0n) is 20.4. The molecule has 0 spiro atoms. The molecule has 0 saturated heterocycles. The Morgan fingerprint density at radius 1 is 1.15 bits per heavy atom. The summed E-state index contributed by atoms with van der Waals surface area (Å²) in [6.45, 7) is 11.6. The van der Waals surface area contributed by atoms with Gasteiger partial charge in [-0.1, -0.05) is 23.7 Å². The third-order valence-corrected chi connectivity index (χ3v) is 6.54. The quantitative estimate of drug-likeness (QED) is 0.352. The number of halogens is 1. The number of carbonyl (C=O) groups excluding carboxylic acids is 1. The highest BCUT2D eigenvalue weighted by molar-refractivity contribution is 7.90. The van der Waals surface area contributed by atoms with Crippen molar-refractivity contribution in [2.24, 2.45) is 0 Å². The first-order valence-corrected chi connectivity index (χ1v) is 12.5. The molecule has 2 atom stereocenters. The molecule has 6 nitrogen and oxygen atoms in total. The number of carbonyl (C=O) groups is 1. The summed E-state index contributed by atoms with van der Waals surface area (Å²) in [5.41, 5.74) is 2.29. The Kier molecular flexibility index (Phi) is 9.91. The van der Waals surface area contributed by atoms with Crippen molar-refractivity contribution in [2.45, 2.75) is 64.9 Å². The summed E-state index contributed by atoms with van der Waals surface area (Å²) >= 11 is 4.73. The highest BCUT2D eigenvalue weighted by Crippen LogP contribution is 2.38. The van der Waals surface area contributed by atoms with Crippen LogP contribution >= 0.6 is 11.6 Å². The lowest BCUT2D eigenvalue weighted by Crippen LogP contribution is -2.41. The lowest BCUT2D eigenvalue weighted by Gasteiger charge is -2.30. The molecule has 0 fully saturated rings. The zero-order chi connectivity index (χ0) is 24.8. The van der Waals surface area contributed by atoms with E-state index in [1.807, 2.05) is 52.8 Å². The van der Waals surface area contributed by atoms with Crippen LogP contribution in [0.2, 0.25) is 5.02 Å². The average Bonchev–Trinajstić information content (AvgIpc) is 2.72. The first-order chi connectivity index (χ1) is 15.5. The van der Waals surface area contributed by atoms with E-state index in [9.17, 15) is 9.35 Å². The Morgan fingerprint density at radius 3 is 2.30 bits per heavy atom. The maximum absolute atomic E-state index is 13.1. The summed E-state index contributed by atoms with van der Waals surface area (Å²) in [5, 5.41) is 0.597. The van der Waals surface area contributed by atoms with Crippen LogP contribution in [0.25, 0.3) is 0 Å². The normalized spacial score (nSPS) is 13.5. The second-order valence-corrected chi connectivity index (χ2v) is 11.3. The second-order valence-electron chi connectivity index (χ2n) is 8.83. The van der Waals surface area contributed by atoms with Crippen molar-refractivity contribution < 1.29 is 23.6 Å². The monoisotopic (exact) mass is 495 g/mol. The van der Waals surface area contributed by atoms with Gasteiger partial charge in [0, 0.05) is 16.4 Å². The van der Waals surface area contributed by atoms with Crippen LogP contribution in [0.3, 0.4) is 0 Å². The van der Waals surface area contributed by atoms with E-state index >= 15 is 0 Å². The largest absolute Gasteiger partial charge is 0.598 e. The third kappa shape index (κ3) is 7.81. The van der Waals surface area contributed by atoms with Gasteiger partial charge >= 0.3 is 5.97 Å². The molecule has 0 aliphatic carbocycles. The van der Waals surface area contributed by atoms with Gasteiger partial charge in [0.15, 0.2) is 11.5 Å². The van der Waals surface area contributed by atoms with Crippen molar-refractivity contribution in [3.05, 3.63) is 58.1 Å². The number of hydrogen-bond acceptors (Lipinski definition) is 6. The molecule has 0 amide bonds. The SMILES string of the molecule is CCOC(=O)Cc1cc(OC)c(OC(C)C)cc1[C@@H](N[S@@+]([O-])C(C)(C)C)c1ccc(Cl)cc1. The molecule has 0 aliphatic rings. The molecule has 0 bridgehead atoms. The number of rotatable bonds is 10. The number of methoxy groups -OCH3 is 1. The van der Waals surface area contributed by atoms with Gasteiger partial charge in [-0.05, 0) is 82.5 Å². The molecule has 2 aromatic rings. The second kappa shape index (κ2) is 12.0. The molecule has 182 valence electrons. The number of esters is 1. The molecular formula is C25H34ClNO5S. The van der Waals surface area contributed by atoms with Gasteiger partial charge in [0.1, 0.15) is 10.8 Å². The van der Waals surface area contributed by atoms with Crippen LogP contribution in [0.1, 0.15) is 64.3 Å². The van der Waals surface area contributed by atoms with Crippen LogP contribution in [-0.4, -0.2) is 35.1 Å². The van der Waals surface area contributed by atoms with Crippen LogP contribution < -0.4 is 14.2 Å². The molecule has 0 saturated carbocycles. The van der Waals surface area contributed by atoms with Crippen molar-refractivity contribution in [3.8, 4) is 11.5 Å². The summed E-state index contributed by atoms with van der Waals surface area (Å²) in [7, 11) is 1.56. The van der Waals surface area contributed by atoms with Crippen LogP contribution in [0.5, 0.6) is 11.5 Å². The minimum atomic E-state index is -1.39. The van der Waals surface area contributed by atoms with Crippen molar-refractivity contribution >= 4 is 28.9 Å². The van der Waals surface area contributed by atoms with Gasteiger partial charge in [-0.2, -0.15) is 0 Å². The molecule has 0 heterocycles. The van der Waals surface area contributed by atoms with Gasteiger partial charge in [0.2, 0.25) is 0 Å². The molecule has 2 aromatic carbocycles. The van der Waals surface area contributed by atoms with Crippen LogP contribution in [0, 0.1) is 0 Å². The number of ether oxygens (including phenoxy) is 3. The Bertz CT molecular complexity index is 928. The molecule has 8 heteroatoms. The average molecular weight is 496 g/mol. The third-order valence-electron chi connectivity index (χ3n) is 4.72. The lowest BCUT2D eigenvalue weighted by atomic mass is 9.93. The first-order valence-electron chi connectivity index (χ1n) is 10.9. The van der Waals surface area contributed by atoms with E-state index in [0.29, 0.717) is 22.1 Å². The van der Waals surface area contributed by atoms with Gasteiger partial charge in [-0.3, -0.25) is 4.79 Å². The van der Waals surface area contributed by atoms with E-state index in [4.69, 9.17) is 25.8 Å². The molecule has 0 aromatic heterocycles. The molecule has 2 rings (SSSR count). The van der Waals surface area contributed by atoms with E-state index in [0.717, 1.165) is 11.1 Å². The predicted octanol–water partition coefficient (Wildman–Crippen LogP) is 5.38. The van der Waals surface area contributed by atoms with E-state index in [-0.39, 0.29) is 25.1 Å². The smallest absolute Gasteiger partial charge is 0.310 e. The topological polar surface area (TPSA) is 79.9 Å². The maximum Gasteiger partial charge on any atom is 0.310 e. The molecule has 0 radical (unpaired) electrons. The molecule has 33 heavy (non-hydrogen) atoms. The van der Waals surface area contributed by atoms with Crippen LogP contribution in [-0.2, 0) is 27.3 Å². The summed E-state index contributed by atoms with van der Waals surface area (Å²) in [5.74, 6) is 0.695. The van der Waals surface area contributed by atoms with Crippen molar-refractivity contribution in [1.82, 2.24) is 4.72 Å². The number of nitrogens with one attached hydrogen (secondary N) is 1. The van der Waals surface area contributed by atoms with Crippen LogP contribution in [0.4, 0.5) is 0 Å². The molecule has 0 aliphatic heterocycles. The van der Waals surface area contributed by atoms with E-state index in [1.54, 1.807) is 32.2 Å². The Balaban J connectivity index is 2.70. The first kappa shape index (κ1) is 27.3. The standard InChI is InChI=1S/C25H34ClNO5S/c1-8-31-23(28)14-18-13-21(30-7)22(32-16(2)3)15-20(18)24(27-33(29)25(4,5)6)17-9-11-19(26)12-10-17/h9-13,15-16,24,27H,8,14H2,1-7H3/t24-,33-/m0/s1. The summed E-state index contributed by atoms with van der Waals surface area (Å²) in [4.78, 5) is 12.4. The highest BCUT2D eigenvalue weighted by atomic mass is 35.5. The fourth-order valence-corrected chi connectivity index (χ4v) is 4.12. The Morgan fingerprint density at radius 2 is 1.79 bits per heavy atom. The van der Waals surface area contributed by atoms with Gasteiger partial charge in [0.05, 0.1) is 26.2 Å². The lowest BCUT2D eigenvalue weighted by molar-refractivity contribution is -0.142. The van der Waals surface area contributed by atoms with Gasteiger partial charge in [0.25, 0.3) is 0 Å². The summed E-state index contributed by atoms with van der Waals surface area (Å²) in [6, 6.07) is 10.5. The van der Waals surface area contributed by atoms with Gasteiger partial charge in [-0.15, -0.1) is 4.72 Å². The summed E-state index contributed by atoms with van der Waals surface area (Å²) in [6.07, 6.45) is -0.0524.